The lowest BCUT2D eigenvalue weighted by Crippen LogP contribution is -2.27. The first kappa shape index (κ1) is 15.9. The Kier molecular flexibility index (Phi) is 4.37. The second kappa shape index (κ2) is 6.62. The Morgan fingerprint density at radius 1 is 0.792 bits per heavy atom. The fraction of sp³-hybridized carbons (Fsp3) is 0.222. The Balaban J connectivity index is 1.99. The lowest BCUT2D eigenvalue weighted by atomic mass is 10.1. The summed E-state index contributed by atoms with van der Waals surface area (Å²) in [6.07, 6.45) is 3.44. The fourth-order valence-corrected chi connectivity index (χ4v) is 2.10. The molecular formula is C18H20N6. The molecule has 1 aromatic carbocycles. The maximum Gasteiger partial charge on any atom is 0.232 e. The topological polar surface area (TPSA) is 75.6 Å². The van der Waals surface area contributed by atoms with Crippen LogP contribution in [0.1, 0.15) is 20.8 Å². The van der Waals surface area contributed by atoms with Crippen molar-refractivity contribution < 1.29 is 0 Å². The summed E-state index contributed by atoms with van der Waals surface area (Å²) in [4.78, 5) is 17.6. The summed E-state index contributed by atoms with van der Waals surface area (Å²) in [5.74, 6) is 1.64. The van der Waals surface area contributed by atoms with Crippen molar-refractivity contribution in [2.45, 2.75) is 26.3 Å². The van der Waals surface area contributed by atoms with E-state index < -0.39 is 0 Å². The first-order chi connectivity index (χ1) is 11.5. The number of hydrogen-bond donors (Lipinski definition) is 2. The van der Waals surface area contributed by atoms with Gasteiger partial charge >= 0.3 is 0 Å². The molecule has 0 spiro atoms. The van der Waals surface area contributed by atoms with Gasteiger partial charge in [0.25, 0.3) is 0 Å². The zero-order valence-corrected chi connectivity index (χ0v) is 14.0. The lowest BCUT2D eigenvalue weighted by Gasteiger charge is -2.21. The molecule has 2 aromatic heterocycles. The van der Waals surface area contributed by atoms with Gasteiger partial charge < -0.3 is 10.6 Å². The number of aromatic nitrogens is 4. The van der Waals surface area contributed by atoms with E-state index in [1.54, 1.807) is 12.4 Å². The molecule has 0 radical (unpaired) electrons. The minimum atomic E-state index is -0.150. The Labute approximate surface area is 141 Å². The van der Waals surface area contributed by atoms with E-state index in [1.165, 1.54) is 0 Å². The van der Waals surface area contributed by atoms with Crippen LogP contribution >= 0.6 is 0 Å². The number of pyridine rings is 1. The van der Waals surface area contributed by atoms with Crippen LogP contribution in [0, 0.1) is 0 Å². The molecule has 3 aromatic rings. The Morgan fingerprint density at radius 2 is 1.46 bits per heavy atom. The van der Waals surface area contributed by atoms with Crippen molar-refractivity contribution in [3.8, 4) is 11.4 Å². The van der Waals surface area contributed by atoms with Crippen LogP contribution in [0.5, 0.6) is 0 Å². The van der Waals surface area contributed by atoms with Gasteiger partial charge in [-0.2, -0.15) is 15.0 Å². The third-order valence-corrected chi connectivity index (χ3v) is 3.09. The molecule has 6 heteroatoms. The van der Waals surface area contributed by atoms with E-state index in [0.29, 0.717) is 17.7 Å². The van der Waals surface area contributed by atoms with Crippen LogP contribution in [-0.4, -0.2) is 25.5 Å². The van der Waals surface area contributed by atoms with E-state index in [0.717, 1.165) is 11.3 Å². The van der Waals surface area contributed by atoms with Gasteiger partial charge in [0.1, 0.15) is 0 Å². The van der Waals surface area contributed by atoms with E-state index in [2.05, 4.69) is 51.3 Å². The maximum atomic E-state index is 4.54. The summed E-state index contributed by atoms with van der Waals surface area (Å²) in [6, 6.07) is 13.6. The molecule has 0 saturated carbocycles. The molecule has 2 heterocycles. The molecule has 0 saturated heterocycles. The second-order valence-corrected chi connectivity index (χ2v) is 6.41. The molecule has 122 valence electrons. The SMILES string of the molecule is CC(C)(C)Nc1nc(Nc2ccncc2)nc(-c2ccccc2)n1. The van der Waals surface area contributed by atoms with Crippen LogP contribution in [0.3, 0.4) is 0 Å². The van der Waals surface area contributed by atoms with Crippen molar-refractivity contribution in [2.24, 2.45) is 0 Å². The van der Waals surface area contributed by atoms with Crippen LogP contribution in [0.4, 0.5) is 17.6 Å². The number of hydrogen-bond acceptors (Lipinski definition) is 6. The normalized spacial score (nSPS) is 11.1. The predicted molar refractivity (Wildman–Crippen MR) is 96.2 cm³/mol. The van der Waals surface area contributed by atoms with Gasteiger partial charge in [-0.1, -0.05) is 30.3 Å². The van der Waals surface area contributed by atoms with Crippen LogP contribution in [0.25, 0.3) is 11.4 Å². The molecule has 24 heavy (non-hydrogen) atoms. The van der Waals surface area contributed by atoms with E-state index in [-0.39, 0.29) is 5.54 Å². The maximum absolute atomic E-state index is 4.54. The van der Waals surface area contributed by atoms with Crippen molar-refractivity contribution in [3.05, 3.63) is 54.9 Å². The minimum Gasteiger partial charge on any atom is -0.349 e. The van der Waals surface area contributed by atoms with Crippen LogP contribution in [0.15, 0.2) is 54.9 Å². The number of anilines is 3. The van der Waals surface area contributed by atoms with Crippen LogP contribution in [-0.2, 0) is 0 Å². The molecule has 3 rings (SSSR count). The minimum absolute atomic E-state index is 0.150. The van der Waals surface area contributed by atoms with Gasteiger partial charge in [-0.15, -0.1) is 0 Å². The summed E-state index contributed by atoms with van der Waals surface area (Å²) >= 11 is 0. The summed E-state index contributed by atoms with van der Waals surface area (Å²) in [7, 11) is 0. The van der Waals surface area contributed by atoms with Crippen molar-refractivity contribution >= 4 is 17.6 Å². The standard InChI is InChI=1S/C18H20N6/c1-18(2,3)24-17-22-15(13-7-5-4-6-8-13)21-16(23-17)20-14-9-11-19-12-10-14/h4-12H,1-3H3,(H2,19,20,21,22,23,24). The van der Waals surface area contributed by atoms with E-state index >= 15 is 0 Å². The molecule has 2 N–H and O–H groups in total. The Hall–Kier alpha value is -3.02. The fourth-order valence-electron chi connectivity index (χ4n) is 2.10. The first-order valence-electron chi connectivity index (χ1n) is 7.76. The zero-order valence-electron chi connectivity index (χ0n) is 14.0. The highest BCUT2D eigenvalue weighted by Gasteiger charge is 2.14. The molecule has 0 aliphatic rings. The van der Waals surface area contributed by atoms with Gasteiger partial charge in [0.15, 0.2) is 5.82 Å². The zero-order chi connectivity index (χ0) is 17.0. The molecular weight excluding hydrogens is 300 g/mol. The Morgan fingerprint density at radius 3 is 2.12 bits per heavy atom. The number of benzene rings is 1. The van der Waals surface area contributed by atoms with Gasteiger partial charge in [0.2, 0.25) is 11.9 Å². The predicted octanol–water partition coefficient (Wildman–Crippen LogP) is 3.89. The molecule has 0 fully saturated rings. The largest absolute Gasteiger partial charge is 0.349 e. The third kappa shape index (κ3) is 4.25. The van der Waals surface area contributed by atoms with E-state index in [9.17, 15) is 0 Å². The highest BCUT2D eigenvalue weighted by Crippen LogP contribution is 2.21. The molecule has 6 nitrogen and oxygen atoms in total. The highest BCUT2D eigenvalue weighted by molar-refractivity contribution is 5.60. The smallest absolute Gasteiger partial charge is 0.232 e. The second-order valence-electron chi connectivity index (χ2n) is 6.41. The van der Waals surface area contributed by atoms with Gasteiger partial charge in [-0.05, 0) is 32.9 Å². The monoisotopic (exact) mass is 320 g/mol. The molecule has 0 atom stereocenters. The quantitative estimate of drug-likeness (QED) is 0.759. The van der Waals surface area contributed by atoms with E-state index in [1.807, 2.05) is 42.5 Å². The number of nitrogens with zero attached hydrogens (tertiary/aromatic N) is 4. The molecule has 0 aliphatic carbocycles. The van der Waals surface area contributed by atoms with Gasteiger partial charge in [-0.25, -0.2) is 0 Å². The average Bonchev–Trinajstić information content (AvgIpc) is 2.55. The average molecular weight is 320 g/mol. The van der Waals surface area contributed by atoms with Gasteiger partial charge in [0.05, 0.1) is 0 Å². The molecule has 0 unspecified atom stereocenters. The van der Waals surface area contributed by atoms with Crippen molar-refractivity contribution in [1.29, 1.82) is 0 Å². The third-order valence-electron chi connectivity index (χ3n) is 3.09. The Bertz CT molecular complexity index is 797. The van der Waals surface area contributed by atoms with Gasteiger partial charge in [0, 0.05) is 29.2 Å². The van der Waals surface area contributed by atoms with Crippen LogP contribution < -0.4 is 10.6 Å². The molecule has 0 amide bonds. The van der Waals surface area contributed by atoms with Crippen molar-refractivity contribution in [3.63, 3.8) is 0 Å². The lowest BCUT2D eigenvalue weighted by molar-refractivity contribution is 0.625. The van der Waals surface area contributed by atoms with E-state index in [4.69, 9.17) is 0 Å². The molecule has 0 aliphatic heterocycles. The summed E-state index contributed by atoms with van der Waals surface area (Å²) in [5, 5.41) is 6.50. The summed E-state index contributed by atoms with van der Waals surface area (Å²) in [6.45, 7) is 6.19. The first-order valence-corrected chi connectivity index (χ1v) is 7.76. The number of rotatable bonds is 4. The van der Waals surface area contributed by atoms with Gasteiger partial charge in [-0.3, -0.25) is 4.98 Å². The van der Waals surface area contributed by atoms with Crippen molar-refractivity contribution in [2.75, 3.05) is 10.6 Å². The highest BCUT2D eigenvalue weighted by atomic mass is 15.2. The van der Waals surface area contributed by atoms with Crippen LogP contribution in [0.2, 0.25) is 0 Å². The number of nitrogens with one attached hydrogen (secondary N) is 2. The summed E-state index contributed by atoms with van der Waals surface area (Å²) < 4.78 is 0. The summed E-state index contributed by atoms with van der Waals surface area (Å²) in [5.41, 5.74) is 1.66. The van der Waals surface area contributed by atoms with Crippen molar-refractivity contribution in [1.82, 2.24) is 19.9 Å². The molecule has 0 bridgehead atoms.